The number of phosphoric acid groups is 1. The van der Waals surface area contributed by atoms with Gasteiger partial charge < -0.3 is 4.89 Å². The molecule has 0 saturated carbocycles. The monoisotopic (exact) mass is 350 g/mol. The van der Waals surface area contributed by atoms with E-state index in [1.165, 1.54) is 25.7 Å². The first kappa shape index (κ1) is 23.1. The number of phosphoric ester groups is 1. The van der Waals surface area contributed by atoms with E-state index in [1.807, 2.05) is 6.92 Å². The van der Waals surface area contributed by atoms with Crippen LogP contribution in [0.5, 0.6) is 0 Å². The van der Waals surface area contributed by atoms with Gasteiger partial charge in [-0.1, -0.05) is 79.1 Å². The van der Waals surface area contributed by atoms with Crippen molar-refractivity contribution >= 4 is 7.82 Å². The van der Waals surface area contributed by atoms with E-state index in [-0.39, 0.29) is 6.10 Å². The molecular weight excluding hydrogens is 311 g/mol. The van der Waals surface area contributed by atoms with Gasteiger partial charge in [0.25, 0.3) is 0 Å². The fourth-order valence-electron chi connectivity index (χ4n) is 2.54. The lowest BCUT2D eigenvalue weighted by atomic mass is 10.0. The molecule has 0 heterocycles. The third kappa shape index (κ3) is 15.4. The Kier molecular flexibility index (Phi) is 14.5. The summed E-state index contributed by atoms with van der Waals surface area (Å²) in [5, 5.41) is 0. The minimum absolute atomic E-state index is 0.173. The van der Waals surface area contributed by atoms with E-state index in [0.717, 1.165) is 50.9 Å². The van der Waals surface area contributed by atoms with Gasteiger partial charge in [0, 0.05) is 0 Å². The second-order valence-corrected chi connectivity index (χ2v) is 8.29. The van der Waals surface area contributed by atoms with Crippen LogP contribution in [0.25, 0.3) is 0 Å². The van der Waals surface area contributed by atoms with Gasteiger partial charge in [-0.05, 0) is 25.2 Å². The highest BCUT2D eigenvalue weighted by atomic mass is 31.2. The van der Waals surface area contributed by atoms with Crippen LogP contribution < -0.4 is 0 Å². The molecule has 5 heteroatoms. The van der Waals surface area contributed by atoms with Crippen molar-refractivity contribution in [2.24, 2.45) is 5.92 Å². The molecule has 0 aliphatic heterocycles. The maximum atomic E-state index is 11.9. The summed E-state index contributed by atoms with van der Waals surface area (Å²) in [6.07, 6.45) is 11.5. The SMILES string of the molecule is CCCCCC(CC)OP(=O)(O)OCCCCCCCC(C)C. The van der Waals surface area contributed by atoms with Crippen molar-refractivity contribution in [3.05, 3.63) is 0 Å². The zero-order valence-electron chi connectivity index (χ0n) is 15.8. The van der Waals surface area contributed by atoms with Gasteiger partial charge in [-0.25, -0.2) is 4.57 Å². The Morgan fingerprint density at radius 1 is 0.913 bits per heavy atom. The van der Waals surface area contributed by atoms with Crippen molar-refractivity contribution in [2.75, 3.05) is 6.61 Å². The summed E-state index contributed by atoms with van der Waals surface area (Å²) in [5.74, 6) is 0.777. The Morgan fingerprint density at radius 2 is 1.52 bits per heavy atom. The zero-order chi connectivity index (χ0) is 17.6. The summed E-state index contributed by atoms with van der Waals surface area (Å²) in [7, 11) is -3.89. The normalized spacial score (nSPS) is 15.7. The van der Waals surface area contributed by atoms with Crippen LogP contribution in [0.4, 0.5) is 0 Å². The molecule has 0 aromatic heterocycles. The lowest BCUT2D eigenvalue weighted by Gasteiger charge is -2.19. The van der Waals surface area contributed by atoms with Gasteiger partial charge in [-0.15, -0.1) is 0 Å². The summed E-state index contributed by atoms with van der Waals surface area (Å²) >= 11 is 0. The Labute approximate surface area is 144 Å². The van der Waals surface area contributed by atoms with E-state index in [0.29, 0.717) is 6.61 Å². The molecule has 4 nitrogen and oxygen atoms in total. The standard InChI is InChI=1S/C18H39O4P/c1-5-7-11-15-18(6-2)22-23(19,20)21-16-13-10-8-9-12-14-17(3)4/h17-18H,5-16H2,1-4H3,(H,19,20). The first-order valence-corrected chi connectivity index (χ1v) is 11.1. The smallest absolute Gasteiger partial charge is 0.302 e. The van der Waals surface area contributed by atoms with E-state index in [4.69, 9.17) is 9.05 Å². The maximum Gasteiger partial charge on any atom is 0.472 e. The van der Waals surface area contributed by atoms with E-state index in [9.17, 15) is 9.46 Å². The Bertz CT molecular complexity index is 307. The fraction of sp³-hybridized carbons (Fsp3) is 1.00. The van der Waals surface area contributed by atoms with Crippen LogP contribution in [-0.4, -0.2) is 17.6 Å². The largest absolute Gasteiger partial charge is 0.472 e. The van der Waals surface area contributed by atoms with Gasteiger partial charge in [0.1, 0.15) is 0 Å². The molecule has 0 saturated heterocycles. The lowest BCUT2D eigenvalue weighted by Crippen LogP contribution is -2.11. The summed E-state index contributed by atoms with van der Waals surface area (Å²) in [6, 6.07) is 0. The van der Waals surface area contributed by atoms with Gasteiger partial charge in [0.15, 0.2) is 0 Å². The second kappa shape index (κ2) is 14.5. The van der Waals surface area contributed by atoms with Gasteiger partial charge in [0.2, 0.25) is 0 Å². The average Bonchev–Trinajstić information content (AvgIpc) is 2.48. The predicted octanol–water partition coefficient (Wildman–Crippen LogP) is 6.48. The van der Waals surface area contributed by atoms with E-state index in [1.54, 1.807) is 0 Å². The predicted molar refractivity (Wildman–Crippen MR) is 97.6 cm³/mol. The molecule has 2 unspecified atom stereocenters. The molecule has 2 atom stereocenters. The van der Waals surface area contributed by atoms with Crippen molar-refractivity contribution in [2.45, 2.75) is 104 Å². The van der Waals surface area contributed by atoms with Crippen LogP contribution in [0, 0.1) is 5.92 Å². The molecule has 0 aliphatic carbocycles. The van der Waals surface area contributed by atoms with Crippen molar-refractivity contribution in [1.82, 2.24) is 0 Å². The maximum absolute atomic E-state index is 11.9. The zero-order valence-corrected chi connectivity index (χ0v) is 16.7. The number of unbranched alkanes of at least 4 members (excludes halogenated alkanes) is 6. The van der Waals surface area contributed by atoms with Crippen LogP contribution >= 0.6 is 7.82 Å². The Morgan fingerprint density at radius 3 is 2.13 bits per heavy atom. The highest BCUT2D eigenvalue weighted by Crippen LogP contribution is 2.45. The quantitative estimate of drug-likeness (QED) is 0.256. The molecule has 23 heavy (non-hydrogen) atoms. The summed E-state index contributed by atoms with van der Waals surface area (Å²) in [5.41, 5.74) is 0. The minimum Gasteiger partial charge on any atom is -0.302 e. The molecule has 1 N–H and O–H groups in total. The van der Waals surface area contributed by atoms with Gasteiger partial charge in [0.05, 0.1) is 12.7 Å². The van der Waals surface area contributed by atoms with Crippen LogP contribution in [0.1, 0.15) is 98.3 Å². The molecule has 0 aromatic carbocycles. The summed E-state index contributed by atoms with van der Waals surface area (Å²) < 4.78 is 22.3. The molecule has 140 valence electrons. The molecule has 0 rings (SSSR count). The van der Waals surface area contributed by atoms with E-state index < -0.39 is 7.82 Å². The molecule has 0 aliphatic rings. The van der Waals surface area contributed by atoms with Crippen LogP contribution in [0.3, 0.4) is 0 Å². The van der Waals surface area contributed by atoms with E-state index >= 15 is 0 Å². The van der Waals surface area contributed by atoms with Crippen LogP contribution in [-0.2, 0) is 13.6 Å². The van der Waals surface area contributed by atoms with E-state index in [2.05, 4.69) is 20.8 Å². The topological polar surface area (TPSA) is 55.8 Å². The first-order valence-electron chi connectivity index (χ1n) is 9.57. The highest BCUT2D eigenvalue weighted by molar-refractivity contribution is 7.47. The molecule has 0 radical (unpaired) electrons. The minimum atomic E-state index is -3.89. The second-order valence-electron chi connectivity index (χ2n) is 6.88. The van der Waals surface area contributed by atoms with Gasteiger partial charge in [-0.3, -0.25) is 9.05 Å². The van der Waals surface area contributed by atoms with Crippen LogP contribution in [0.2, 0.25) is 0 Å². The average molecular weight is 350 g/mol. The Balaban J connectivity index is 3.71. The number of hydrogen-bond donors (Lipinski definition) is 1. The third-order valence-electron chi connectivity index (χ3n) is 4.05. The molecule has 0 aromatic rings. The fourth-order valence-corrected chi connectivity index (χ4v) is 3.59. The molecule has 0 amide bonds. The molecule has 0 bridgehead atoms. The molecule has 0 fully saturated rings. The van der Waals surface area contributed by atoms with Crippen molar-refractivity contribution in [1.29, 1.82) is 0 Å². The number of hydrogen-bond acceptors (Lipinski definition) is 3. The number of rotatable bonds is 16. The van der Waals surface area contributed by atoms with Gasteiger partial charge in [-0.2, -0.15) is 0 Å². The summed E-state index contributed by atoms with van der Waals surface area (Å²) in [6.45, 7) is 8.93. The van der Waals surface area contributed by atoms with Crippen molar-refractivity contribution in [3.63, 3.8) is 0 Å². The Hall–Kier alpha value is 0.110. The van der Waals surface area contributed by atoms with Crippen LogP contribution in [0.15, 0.2) is 0 Å². The highest BCUT2D eigenvalue weighted by Gasteiger charge is 2.25. The molecular formula is C18H39O4P. The molecule has 0 spiro atoms. The van der Waals surface area contributed by atoms with Crippen molar-refractivity contribution in [3.8, 4) is 0 Å². The summed E-state index contributed by atoms with van der Waals surface area (Å²) in [4.78, 5) is 9.79. The van der Waals surface area contributed by atoms with Crippen molar-refractivity contribution < 1.29 is 18.5 Å². The first-order chi connectivity index (χ1) is 10.9. The third-order valence-corrected chi connectivity index (χ3v) is 5.12. The van der Waals surface area contributed by atoms with Gasteiger partial charge >= 0.3 is 7.82 Å². The lowest BCUT2D eigenvalue weighted by molar-refractivity contribution is 0.0943.